The molecule has 140 valence electrons. The molecule has 1 atom stereocenters. The Bertz CT molecular complexity index is 877. The highest BCUT2D eigenvalue weighted by Crippen LogP contribution is 2.29. The van der Waals surface area contributed by atoms with Gasteiger partial charge in [-0.3, -0.25) is 19.0 Å². The van der Waals surface area contributed by atoms with Crippen LogP contribution in [0.5, 0.6) is 11.5 Å². The Morgan fingerprint density at radius 1 is 1.27 bits per heavy atom. The van der Waals surface area contributed by atoms with E-state index < -0.39 is 12.0 Å². The van der Waals surface area contributed by atoms with Gasteiger partial charge >= 0.3 is 5.97 Å². The number of carbonyl (C=O) groups excluding carboxylic acids is 1. The largest absolute Gasteiger partial charge is 0.493 e. The third-order valence-electron chi connectivity index (χ3n) is 3.88. The van der Waals surface area contributed by atoms with Crippen molar-refractivity contribution in [2.45, 2.75) is 32.4 Å². The van der Waals surface area contributed by atoms with Gasteiger partial charge in [0, 0.05) is 19.0 Å². The van der Waals surface area contributed by atoms with Crippen molar-refractivity contribution < 1.29 is 24.2 Å². The predicted molar refractivity (Wildman–Crippen MR) is 93.6 cm³/mol. The molecule has 0 aliphatic heterocycles. The first-order chi connectivity index (χ1) is 12.4. The molecule has 0 saturated carbocycles. The van der Waals surface area contributed by atoms with E-state index in [4.69, 9.17) is 14.6 Å². The highest BCUT2D eigenvalue weighted by atomic mass is 16.5. The van der Waals surface area contributed by atoms with Gasteiger partial charge in [-0.25, -0.2) is 4.98 Å². The van der Waals surface area contributed by atoms with Crippen molar-refractivity contribution in [1.82, 2.24) is 14.9 Å². The van der Waals surface area contributed by atoms with Gasteiger partial charge in [0.2, 0.25) is 5.91 Å². The van der Waals surface area contributed by atoms with Gasteiger partial charge in [0.05, 0.1) is 31.4 Å². The Hall–Kier alpha value is -3.10. The molecule has 26 heavy (non-hydrogen) atoms. The number of amides is 1. The molecule has 0 saturated heterocycles. The van der Waals surface area contributed by atoms with E-state index in [0.29, 0.717) is 28.8 Å². The van der Waals surface area contributed by atoms with Gasteiger partial charge in [-0.2, -0.15) is 0 Å². The van der Waals surface area contributed by atoms with Crippen molar-refractivity contribution in [3.8, 4) is 11.5 Å². The number of benzene rings is 1. The van der Waals surface area contributed by atoms with Crippen molar-refractivity contribution in [3.05, 3.63) is 28.8 Å². The molecule has 1 aromatic carbocycles. The maximum atomic E-state index is 12.6. The van der Waals surface area contributed by atoms with Crippen LogP contribution in [-0.2, 0) is 16.1 Å². The second-order valence-corrected chi connectivity index (χ2v) is 5.70. The van der Waals surface area contributed by atoms with Crippen molar-refractivity contribution in [1.29, 1.82) is 0 Å². The van der Waals surface area contributed by atoms with Crippen molar-refractivity contribution in [2.24, 2.45) is 0 Å². The first-order valence-electron chi connectivity index (χ1n) is 8.00. The molecule has 0 aliphatic carbocycles. The van der Waals surface area contributed by atoms with E-state index in [0.717, 1.165) is 0 Å². The van der Waals surface area contributed by atoms with Crippen LogP contribution in [-0.4, -0.2) is 46.8 Å². The molecule has 1 amide bonds. The number of fused-ring (bicyclic) bond motifs is 1. The van der Waals surface area contributed by atoms with Gasteiger partial charge in [0.25, 0.3) is 5.56 Å². The van der Waals surface area contributed by atoms with Gasteiger partial charge in [-0.05, 0) is 19.4 Å². The third-order valence-corrected chi connectivity index (χ3v) is 3.88. The number of carbonyl (C=O) groups is 2. The summed E-state index contributed by atoms with van der Waals surface area (Å²) in [4.78, 5) is 39.2. The van der Waals surface area contributed by atoms with Crippen molar-refractivity contribution in [3.63, 3.8) is 0 Å². The summed E-state index contributed by atoms with van der Waals surface area (Å²) in [6, 6.07) is 2.25. The minimum absolute atomic E-state index is 0.105. The Kier molecular flexibility index (Phi) is 6.16. The first kappa shape index (κ1) is 19.2. The second kappa shape index (κ2) is 8.32. The number of nitrogens with zero attached hydrogens (tertiary/aromatic N) is 2. The van der Waals surface area contributed by atoms with E-state index in [-0.39, 0.29) is 24.4 Å². The van der Waals surface area contributed by atoms with Crippen LogP contribution in [0, 0.1) is 0 Å². The first-order valence-corrected chi connectivity index (χ1v) is 8.00. The van der Waals surface area contributed by atoms with Gasteiger partial charge in [-0.15, -0.1) is 0 Å². The molecular formula is C17H21N3O6. The summed E-state index contributed by atoms with van der Waals surface area (Å²) in [5, 5.41) is 11.5. The van der Waals surface area contributed by atoms with Crippen LogP contribution in [0.4, 0.5) is 0 Å². The second-order valence-electron chi connectivity index (χ2n) is 5.70. The number of carboxylic acids is 1. The lowest BCUT2D eigenvalue weighted by molar-refractivity contribution is -0.141. The molecular weight excluding hydrogens is 342 g/mol. The van der Waals surface area contributed by atoms with Crippen molar-refractivity contribution in [2.75, 3.05) is 14.2 Å². The average molecular weight is 363 g/mol. The molecule has 0 bridgehead atoms. The minimum Gasteiger partial charge on any atom is -0.493 e. The molecule has 0 spiro atoms. The Morgan fingerprint density at radius 3 is 2.54 bits per heavy atom. The van der Waals surface area contributed by atoms with Gasteiger partial charge in [0.15, 0.2) is 11.5 Å². The number of rotatable bonds is 8. The monoisotopic (exact) mass is 363 g/mol. The quantitative estimate of drug-likeness (QED) is 0.711. The number of aromatic nitrogens is 2. The van der Waals surface area contributed by atoms with Gasteiger partial charge in [0.1, 0.15) is 6.04 Å². The zero-order chi connectivity index (χ0) is 19.3. The van der Waals surface area contributed by atoms with E-state index >= 15 is 0 Å². The lowest BCUT2D eigenvalue weighted by atomic mass is 10.2. The Balaban J connectivity index is 2.11. The molecule has 0 fully saturated rings. The highest BCUT2D eigenvalue weighted by molar-refractivity contribution is 5.83. The lowest BCUT2D eigenvalue weighted by Crippen LogP contribution is -2.38. The molecule has 9 nitrogen and oxygen atoms in total. The molecule has 2 N–H and O–H groups in total. The topological polar surface area (TPSA) is 120 Å². The van der Waals surface area contributed by atoms with Crippen molar-refractivity contribution >= 4 is 22.8 Å². The normalized spacial score (nSPS) is 11.8. The summed E-state index contributed by atoms with van der Waals surface area (Å²) >= 11 is 0. The number of aryl methyl sites for hydroxylation is 1. The number of methoxy groups -OCH3 is 2. The number of carboxylic acid groups (broad SMARTS) is 1. The molecule has 1 heterocycles. The zero-order valence-corrected chi connectivity index (χ0v) is 14.8. The summed E-state index contributed by atoms with van der Waals surface area (Å²) in [5.41, 5.74) is 0.229. The number of aliphatic carboxylic acids is 1. The van der Waals surface area contributed by atoms with E-state index in [1.165, 1.54) is 32.0 Å². The van der Waals surface area contributed by atoms with Crippen LogP contribution < -0.4 is 20.3 Å². The van der Waals surface area contributed by atoms with Crippen LogP contribution in [0.15, 0.2) is 23.3 Å². The SMILES string of the molecule is COc1cc2ncn(CCCC(=O)N[C@@H](C)C(=O)O)c(=O)c2cc1OC. The summed E-state index contributed by atoms with van der Waals surface area (Å²) in [5.74, 6) is -0.571. The summed E-state index contributed by atoms with van der Waals surface area (Å²) in [7, 11) is 2.98. The van der Waals surface area contributed by atoms with Crippen LogP contribution >= 0.6 is 0 Å². The van der Waals surface area contributed by atoms with E-state index in [9.17, 15) is 14.4 Å². The predicted octanol–water partition coefficient (Wildman–Crippen LogP) is 0.783. The molecule has 2 aromatic rings. The number of hydrogen-bond donors (Lipinski definition) is 2. The van der Waals surface area contributed by atoms with E-state index in [2.05, 4.69) is 10.3 Å². The fraction of sp³-hybridized carbons (Fsp3) is 0.412. The smallest absolute Gasteiger partial charge is 0.325 e. The molecule has 1 aromatic heterocycles. The maximum absolute atomic E-state index is 12.6. The molecule has 0 aliphatic rings. The third kappa shape index (κ3) is 4.29. The molecule has 0 unspecified atom stereocenters. The number of hydrogen-bond acceptors (Lipinski definition) is 6. The molecule has 2 rings (SSSR count). The lowest BCUT2D eigenvalue weighted by Gasteiger charge is -2.11. The fourth-order valence-corrected chi connectivity index (χ4v) is 2.43. The Labute approximate surface area is 149 Å². The summed E-state index contributed by atoms with van der Waals surface area (Å²) < 4.78 is 11.8. The minimum atomic E-state index is -1.10. The zero-order valence-electron chi connectivity index (χ0n) is 14.8. The van der Waals surface area contributed by atoms with Crippen LogP contribution in [0.3, 0.4) is 0 Å². The maximum Gasteiger partial charge on any atom is 0.325 e. The summed E-state index contributed by atoms with van der Waals surface area (Å²) in [6.45, 7) is 1.67. The van der Waals surface area contributed by atoms with Gasteiger partial charge < -0.3 is 19.9 Å². The number of ether oxygens (including phenoxy) is 2. The number of nitrogens with one attached hydrogen (secondary N) is 1. The van der Waals surface area contributed by atoms with E-state index in [1.54, 1.807) is 12.1 Å². The van der Waals surface area contributed by atoms with Crippen LogP contribution in [0.1, 0.15) is 19.8 Å². The van der Waals surface area contributed by atoms with Crippen LogP contribution in [0.2, 0.25) is 0 Å². The standard InChI is InChI=1S/C17H21N3O6/c1-10(17(23)24)19-15(21)5-4-6-20-9-18-12-8-14(26-3)13(25-2)7-11(12)16(20)22/h7-10H,4-6H2,1-3H3,(H,19,21)(H,23,24)/t10-/m0/s1. The van der Waals surface area contributed by atoms with Gasteiger partial charge in [-0.1, -0.05) is 0 Å². The fourth-order valence-electron chi connectivity index (χ4n) is 2.43. The molecule has 0 radical (unpaired) electrons. The molecule has 9 heteroatoms. The van der Waals surface area contributed by atoms with E-state index in [1.807, 2.05) is 0 Å². The highest BCUT2D eigenvalue weighted by Gasteiger charge is 2.14. The average Bonchev–Trinajstić information content (AvgIpc) is 2.62. The Morgan fingerprint density at radius 2 is 1.92 bits per heavy atom. The van der Waals surface area contributed by atoms with Crippen LogP contribution in [0.25, 0.3) is 10.9 Å². The summed E-state index contributed by atoms with van der Waals surface area (Å²) in [6.07, 6.45) is 1.89.